The highest BCUT2D eigenvalue weighted by molar-refractivity contribution is 5.89. The Kier molecular flexibility index (Phi) is 10.6. The fraction of sp³-hybridized carbons (Fsp3) is 0.483. The molecule has 1 saturated carbocycles. The van der Waals surface area contributed by atoms with Crippen molar-refractivity contribution in [2.24, 2.45) is 0 Å². The number of rotatable bonds is 13. The number of carbonyl (C=O) groups excluding carboxylic acids is 2. The Morgan fingerprint density at radius 2 is 1.82 bits per heavy atom. The van der Waals surface area contributed by atoms with Crippen molar-refractivity contribution in [3.05, 3.63) is 59.9 Å². The molecule has 1 aliphatic carbocycles. The smallest absolute Gasteiger partial charge is 0.247 e. The molecule has 214 valence electrons. The molecule has 0 bridgehead atoms. The zero-order valence-electron chi connectivity index (χ0n) is 23.1. The van der Waals surface area contributed by atoms with Gasteiger partial charge in [-0.3, -0.25) is 9.59 Å². The average Bonchev–Trinajstić information content (AvgIpc) is 3.44. The first-order valence-corrected chi connectivity index (χ1v) is 13.8. The molecule has 1 fully saturated rings. The molecule has 1 unspecified atom stereocenters. The molecule has 2 amide bonds. The van der Waals surface area contributed by atoms with E-state index in [2.05, 4.69) is 20.7 Å². The second-order valence-electron chi connectivity index (χ2n) is 9.81. The van der Waals surface area contributed by atoms with Crippen LogP contribution in [0.5, 0.6) is 5.75 Å². The molecule has 0 saturated heterocycles. The lowest BCUT2D eigenvalue weighted by molar-refractivity contribution is -0.142. The van der Waals surface area contributed by atoms with Gasteiger partial charge in [-0.1, -0.05) is 31.4 Å². The van der Waals surface area contributed by atoms with Gasteiger partial charge in [-0.15, -0.1) is 10.2 Å². The topological polar surface area (TPSA) is 111 Å². The van der Waals surface area contributed by atoms with Crippen LogP contribution in [0.25, 0.3) is 11.4 Å². The Labute approximate surface area is 233 Å². The lowest BCUT2D eigenvalue weighted by Gasteiger charge is -2.33. The number of methoxy groups -OCH3 is 1. The van der Waals surface area contributed by atoms with E-state index in [0.717, 1.165) is 37.7 Å². The largest absolute Gasteiger partial charge is 0.497 e. The van der Waals surface area contributed by atoms with Gasteiger partial charge in [-0.2, -0.15) is 4.80 Å². The van der Waals surface area contributed by atoms with Crippen LogP contribution in [-0.4, -0.2) is 69.8 Å². The van der Waals surface area contributed by atoms with E-state index < -0.39 is 11.9 Å². The van der Waals surface area contributed by atoms with Gasteiger partial charge in [0.25, 0.3) is 0 Å². The highest BCUT2D eigenvalue weighted by Gasteiger charge is 2.33. The van der Waals surface area contributed by atoms with Crippen molar-refractivity contribution < 1.29 is 23.5 Å². The molecule has 1 aromatic heterocycles. The van der Waals surface area contributed by atoms with Crippen molar-refractivity contribution in [1.29, 1.82) is 0 Å². The third-order valence-electron chi connectivity index (χ3n) is 6.99. The van der Waals surface area contributed by atoms with Crippen LogP contribution in [0.2, 0.25) is 0 Å². The zero-order chi connectivity index (χ0) is 28.3. The van der Waals surface area contributed by atoms with Crippen molar-refractivity contribution in [2.75, 3.05) is 26.9 Å². The van der Waals surface area contributed by atoms with Crippen molar-refractivity contribution in [3.8, 4) is 17.1 Å². The van der Waals surface area contributed by atoms with Crippen molar-refractivity contribution in [3.63, 3.8) is 0 Å². The fourth-order valence-electron chi connectivity index (χ4n) is 4.90. The summed E-state index contributed by atoms with van der Waals surface area (Å²) < 4.78 is 24.5. The van der Waals surface area contributed by atoms with Crippen LogP contribution >= 0.6 is 0 Å². The summed E-state index contributed by atoms with van der Waals surface area (Å²) in [6.45, 7) is 2.93. The number of aromatic nitrogens is 4. The first kappa shape index (κ1) is 29.1. The van der Waals surface area contributed by atoms with Crippen LogP contribution in [0.1, 0.15) is 57.1 Å². The Hall–Kier alpha value is -3.86. The van der Waals surface area contributed by atoms with Gasteiger partial charge in [-0.25, -0.2) is 4.39 Å². The number of carbonyl (C=O) groups is 2. The van der Waals surface area contributed by atoms with Crippen molar-refractivity contribution in [2.45, 2.75) is 64.1 Å². The van der Waals surface area contributed by atoms with Crippen molar-refractivity contribution in [1.82, 2.24) is 30.4 Å². The molecular formula is C29H37FN6O4. The summed E-state index contributed by atoms with van der Waals surface area (Å²) in [5.74, 6) is 0.00940. The standard InChI is InChI=1S/C29H37FN6O4/c1-3-40-19-7-18-35(26(37)20-36-33-28(32-34-36)22-12-16-25(39-2)17-13-22)27(21-10-14-23(30)15-11-21)29(38)31-24-8-5-4-6-9-24/h10-17,24,27H,3-9,18-20H2,1-2H3,(H,31,38). The molecule has 10 nitrogen and oxygen atoms in total. The molecule has 1 N–H and O–H groups in total. The predicted octanol–water partition coefficient (Wildman–Crippen LogP) is 3.93. The summed E-state index contributed by atoms with van der Waals surface area (Å²) in [4.78, 5) is 30.2. The maximum atomic E-state index is 13.8. The monoisotopic (exact) mass is 552 g/mol. The van der Waals surface area contributed by atoms with Crippen LogP contribution in [0.4, 0.5) is 4.39 Å². The fourth-order valence-corrected chi connectivity index (χ4v) is 4.90. The number of hydrogen-bond donors (Lipinski definition) is 1. The Balaban J connectivity index is 1.58. The normalized spacial score (nSPS) is 14.5. The summed E-state index contributed by atoms with van der Waals surface area (Å²) >= 11 is 0. The van der Waals surface area contributed by atoms with Gasteiger partial charge >= 0.3 is 0 Å². The van der Waals surface area contributed by atoms with Crippen LogP contribution in [0.15, 0.2) is 48.5 Å². The SMILES string of the molecule is CCOCCCN(C(=O)Cn1nnc(-c2ccc(OC)cc2)n1)C(C(=O)NC1CCCCC1)c1ccc(F)cc1. The third-order valence-corrected chi connectivity index (χ3v) is 6.99. The van der Waals surface area contributed by atoms with Gasteiger partial charge < -0.3 is 19.7 Å². The maximum Gasteiger partial charge on any atom is 0.247 e. The predicted molar refractivity (Wildman–Crippen MR) is 147 cm³/mol. The van der Waals surface area contributed by atoms with E-state index in [1.54, 1.807) is 31.4 Å². The molecule has 3 aromatic rings. The molecule has 4 rings (SSSR count). The Morgan fingerprint density at radius 1 is 1.10 bits per heavy atom. The molecule has 0 radical (unpaired) electrons. The van der Waals surface area contributed by atoms with E-state index in [-0.39, 0.29) is 30.9 Å². The zero-order valence-corrected chi connectivity index (χ0v) is 23.1. The number of nitrogens with one attached hydrogen (secondary N) is 1. The van der Waals surface area contributed by atoms with Crippen LogP contribution in [0, 0.1) is 5.82 Å². The number of ether oxygens (including phenoxy) is 2. The number of amides is 2. The molecule has 40 heavy (non-hydrogen) atoms. The van der Waals surface area contributed by atoms with E-state index >= 15 is 0 Å². The van der Waals surface area contributed by atoms with Crippen LogP contribution in [0.3, 0.4) is 0 Å². The Morgan fingerprint density at radius 3 is 2.50 bits per heavy atom. The minimum absolute atomic E-state index is 0.0496. The van der Waals surface area contributed by atoms with Crippen LogP contribution < -0.4 is 10.1 Å². The van der Waals surface area contributed by atoms with E-state index in [9.17, 15) is 14.0 Å². The number of tetrazole rings is 1. The molecule has 1 heterocycles. The third kappa shape index (κ3) is 7.84. The molecule has 0 spiro atoms. The number of halogens is 1. The summed E-state index contributed by atoms with van der Waals surface area (Å²) in [6, 6.07) is 12.0. The van der Waals surface area contributed by atoms with Gasteiger partial charge in [0.05, 0.1) is 7.11 Å². The quantitative estimate of drug-likeness (QED) is 0.320. The second-order valence-corrected chi connectivity index (χ2v) is 9.81. The lowest BCUT2D eigenvalue weighted by Crippen LogP contribution is -2.48. The van der Waals surface area contributed by atoms with Gasteiger partial charge in [0.2, 0.25) is 17.6 Å². The molecule has 0 aliphatic heterocycles. The number of nitrogens with zero attached hydrogens (tertiary/aromatic N) is 5. The Bertz CT molecular complexity index is 1230. The minimum Gasteiger partial charge on any atom is -0.497 e. The van der Waals surface area contributed by atoms with E-state index in [1.165, 1.54) is 21.8 Å². The summed E-state index contributed by atoms with van der Waals surface area (Å²) in [6.07, 6.45) is 5.58. The van der Waals surface area contributed by atoms with Gasteiger partial charge in [0.1, 0.15) is 24.2 Å². The molecule has 2 aromatic carbocycles. The molecule has 11 heteroatoms. The highest BCUT2D eigenvalue weighted by atomic mass is 19.1. The first-order valence-electron chi connectivity index (χ1n) is 13.8. The van der Waals surface area contributed by atoms with E-state index in [1.807, 2.05) is 19.1 Å². The minimum atomic E-state index is -0.943. The summed E-state index contributed by atoms with van der Waals surface area (Å²) in [5.41, 5.74) is 1.26. The second kappa shape index (κ2) is 14.5. The molecular weight excluding hydrogens is 515 g/mol. The van der Waals surface area contributed by atoms with Crippen molar-refractivity contribution >= 4 is 11.8 Å². The summed E-state index contributed by atoms with van der Waals surface area (Å²) in [7, 11) is 1.59. The summed E-state index contributed by atoms with van der Waals surface area (Å²) in [5, 5.41) is 15.7. The van der Waals surface area contributed by atoms with E-state index in [0.29, 0.717) is 36.8 Å². The average molecular weight is 553 g/mol. The highest BCUT2D eigenvalue weighted by Crippen LogP contribution is 2.25. The van der Waals surface area contributed by atoms with Gasteiger partial charge in [0.15, 0.2) is 0 Å². The number of benzene rings is 2. The van der Waals surface area contributed by atoms with E-state index in [4.69, 9.17) is 9.47 Å². The molecule has 1 atom stereocenters. The number of hydrogen-bond acceptors (Lipinski definition) is 7. The maximum absolute atomic E-state index is 13.8. The first-order chi connectivity index (χ1) is 19.5. The molecule has 1 aliphatic rings. The lowest BCUT2D eigenvalue weighted by atomic mass is 9.94. The van der Waals surface area contributed by atoms with Gasteiger partial charge in [-0.05, 0) is 73.4 Å². The van der Waals surface area contributed by atoms with Gasteiger partial charge in [0, 0.05) is 31.4 Å². The van der Waals surface area contributed by atoms with Crippen LogP contribution in [-0.2, 0) is 20.9 Å².